The van der Waals surface area contributed by atoms with Crippen molar-refractivity contribution >= 4 is 18.7 Å². The molecule has 0 radical (unpaired) electrons. The van der Waals surface area contributed by atoms with Gasteiger partial charge in [-0.1, -0.05) is 158 Å². The van der Waals surface area contributed by atoms with Gasteiger partial charge in [0, 0.05) is 5.92 Å². The van der Waals surface area contributed by atoms with Gasteiger partial charge in [0.1, 0.15) is 0 Å². The summed E-state index contributed by atoms with van der Waals surface area (Å²) in [6.07, 6.45) is 15.0. The Balaban J connectivity index is 1.68. The average molecular weight is 605 g/mol. The predicted octanol–water partition coefficient (Wildman–Crippen LogP) is 11.1. The molecule has 0 saturated heterocycles. The molecule has 1 nitrogen and oxygen atoms in total. The van der Waals surface area contributed by atoms with Gasteiger partial charge in [-0.3, -0.25) is 0 Å². The molecule has 0 amide bonds. The molecule has 2 heteroatoms. The zero-order chi connectivity index (χ0) is 32.0. The molecule has 0 aliphatic heterocycles. The summed E-state index contributed by atoms with van der Waals surface area (Å²) in [7, 11) is -2.51. The van der Waals surface area contributed by atoms with Gasteiger partial charge in [0.2, 0.25) is 0 Å². The van der Waals surface area contributed by atoms with Crippen LogP contribution in [0.2, 0.25) is 5.04 Å². The second-order valence-electron chi connectivity index (χ2n) is 13.7. The van der Waals surface area contributed by atoms with Crippen molar-refractivity contribution in [3.8, 4) is 0 Å². The maximum Gasteiger partial charge on any atom is 0.261 e. The highest BCUT2D eigenvalue weighted by Gasteiger charge is 2.49. The van der Waals surface area contributed by atoms with Gasteiger partial charge < -0.3 is 4.43 Å². The van der Waals surface area contributed by atoms with E-state index in [-0.39, 0.29) is 5.04 Å². The lowest BCUT2D eigenvalue weighted by Gasteiger charge is -2.42. The van der Waals surface area contributed by atoms with Crippen LogP contribution < -0.4 is 10.4 Å². The molecule has 0 N–H and O–H groups in total. The first-order chi connectivity index (χ1) is 21.0. The minimum atomic E-state index is -2.51. The standard InChI is InChI=1S/C42H56OSi/c1-34(2)20-18-22-36(4)32-39(38-24-12-9-13-25-38)33-37(5)23-19-21-35(3)30-31-43-44(42(6,7)8,40-26-14-10-15-27-40)41-28-16-11-17-29-41/h9-17,20,23-30,32,39H,18-19,21-22,31,33H2,1-8H3/b35-30-,36-32-,37-23-. The summed E-state index contributed by atoms with van der Waals surface area (Å²) in [4.78, 5) is 0. The van der Waals surface area contributed by atoms with E-state index in [9.17, 15) is 0 Å². The molecule has 0 fully saturated rings. The van der Waals surface area contributed by atoms with E-state index in [1.165, 1.54) is 38.2 Å². The van der Waals surface area contributed by atoms with Crippen LogP contribution in [0.4, 0.5) is 0 Å². The Kier molecular flexibility index (Phi) is 13.9. The lowest BCUT2D eigenvalue weighted by Crippen LogP contribution is -2.66. The number of hydrogen-bond donors (Lipinski definition) is 0. The molecule has 1 unspecified atom stereocenters. The van der Waals surface area contributed by atoms with Crippen LogP contribution in [0.15, 0.2) is 138 Å². The molecular weight excluding hydrogens is 549 g/mol. The highest BCUT2D eigenvalue weighted by Crippen LogP contribution is 2.37. The van der Waals surface area contributed by atoms with Crippen molar-refractivity contribution in [3.63, 3.8) is 0 Å². The van der Waals surface area contributed by atoms with Crippen LogP contribution in [-0.4, -0.2) is 14.9 Å². The third kappa shape index (κ3) is 10.5. The number of benzene rings is 3. The van der Waals surface area contributed by atoms with Gasteiger partial charge in [-0.2, -0.15) is 0 Å². The monoisotopic (exact) mass is 604 g/mol. The van der Waals surface area contributed by atoms with Crippen LogP contribution in [-0.2, 0) is 4.43 Å². The maximum absolute atomic E-state index is 7.08. The fourth-order valence-corrected chi connectivity index (χ4v) is 10.6. The second kappa shape index (κ2) is 17.3. The van der Waals surface area contributed by atoms with Gasteiger partial charge in [0.15, 0.2) is 0 Å². The Hall–Kier alpha value is -3.20. The van der Waals surface area contributed by atoms with Crippen molar-refractivity contribution < 1.29 is 4.43 Å². The molecule has 1 atom stereocenters. The molecule has 3 aromatic carbocycles. The molecule has 0 aromatic heterocycles. The largest absolute Gasteiger partial charge is 0.404 e. The number of hydrogen-bond acceptors (Lipinski definition) is 1. The van der Waals surface area contributed by atoms with Crippen molar-refractivity contribution in [3.05, 3.63) is 143 Å². The zero-order valence-electron chi connectivity index (χ0n) is 28.7. The van der Waals surface area contributed by atoms with E-state index in [1.54, 1.807) is 0 Å². The summed E-state index contributed by atoms with van der Waals surface area (Å²) in [5.74, 6) is 0.413. The fraction of sp³-hybridized carbons (Fsp3) is 0.381. The molecule has 0 bridgehead atoms. The highest BCUT2D eigenvalue weighted by molar-refractivity contribution is 6.99. The molecule has 0 aliphatic carbocycles. The SMILES string of the molecule is CC(C)=CCC/C(C)=C\C(C/C(C)=C\CC/C(C)=C\CO[Si](c1ccccc1)(c1ccccc1)C(C)(C)C)c1ccccc1. The van der Waals surface area contributed by atoms with Crippen LogP contribution in [0, 0.1) is 0 Å². The van der Waals surface area contributed by atoms with Crippen LogP contribution >= 0.6 is 0 Å². The molecule has 0 heterocycles. The van der Waals surface area contributed by atoms with Crippen LogP contribution in [0.3, 0.4) is 0 Å². The van der Waals surface area contributed by atoms with E-state index in [1.807, 2.05) is 0 Å². The minimum Gasteiger partial charge on any atom is -0.404 e. The van der Waals surface area contributed by atoms with Gasteiger partial charge in [-0.05, 0) is 87.7 Å². The van der Waals surface area contributed by atoms with Crippen LogP contribution in [0.25, 0.3) is 0 Å². The lowest BCUT2D eigenvalue weighted by atomic mass is 9.89. The minimum absolute atomic E-state index is 0.00889. The van der Waals surface area contributed by atoms with E-state index < -0.39 is 8.32 Å². The van der Waals surface area contributed by atoms with Gasteiger partial charge in [-0.15, -0.1) is 0 Å². The first kappa shape index (κ1) is 35.3. The van der Waals surface area contributed by atoms with Crippen molar-refractivity contribution in [2.24, 2.45) is 0 Å². The Morgan fingerprint density at radius 3 is 1.66 bits per heavy atom. The van der Waals surface area contributed by atoms with Crippen molar-refractivity contribution in [2.75, 3.05) is 6.61 Å². The van der Waals surface area contributed by atoms with Gasteiger partial charge >= 0.3 is 0 Å². The summed E-state index contributed by atoms with van der Waals surface area (Å²) < 4.78 is 7.08. The van der Waals surface area contributed by atoms with Gasteiger partial charge in [0.25, 0.3) is 8.32 Å². The molecule has 0 saturated carbocycles. The summed E-state index contributed by atoms with van der Waals surface area (Å²) in [5.41, 5.74) is 7.13. The third-order valence-corrected chi connectivity index (χ3v) is 13.5. The van der Waals surface area contributed by atoms with Crippen molar-refractivity contribution in [1.82, 2.24) is 0 Å². The quantitative estimate of drug-likeness (QED) is 0.124. The summed E-state index contributed by atoms with van der Waals surface area (Å²) in [6.45, 7) is 18.9. The van der Waals surface area contributed by atoms with Gasteiger partial charge in [-0.25, -0.2) is 0 Å². The zero-order valence-corrected chi connectivity index (χ0v) is 29.7. The number of rotatable bonds is 15. The smallest absolute Gasteiger partial charge is 0.261 e. The molecule has 0 spiro atoms. The first-order valence-corrected chi connectivity index (χ1v) is 18.4. The summed E-state index contributed by atoms with van der Waals surface area (Å²) >= 11 is 0. The Bertz CT molecular complexity index is 1340. The number of allylic oxidation sites excluding steroid dienone is 7. The fourth-order valence-electron chi connectivity index (χ4n) is 6.14. The Labute approximate surface area is 270 Å². The molecule has 3 aromatic rings. The molecule has 0 aliphatic rings. The van der Waals surface area contributed by atoms with E-state index in [2.05, 4.69) is 171 Å². The normalized spacial score (nSPS) is 14.0. The average Bonchev–Trinajstić information content (AvgIpc) is 2.99. The maximum atomic E-state index is 7.08. The molecule has 3 rings (SSSR count). The van der Waals surface area contributed by atoms with E-state index in [0.717, 1.165) is 32.1 Å². The highest BCUT2D eigenvalue weighted by atomic mass is 28.4. The molecular formula is C42H56OSi. The predicted molar refractivity (Wildman–Crippen MR) is 197 cm³/mol. The van der Waals surface area contributed by atoms with E-state index in [4.69, 9.17) is 4.43 Å². The van der Waals surface area contributed by atoms with E-state index >= 15 is 0 Å². The summed E-state index contributed by atoms with van der Waals surface area (Å²) in [6, 6.07) is 32.8. The van der Waals surface area contributed by atoms with Crippen molar-refractivity contribution in [1.29, 1.82) is 0 Å². The van der Waals surface area contributed by atoms with E-state index in [0.29, 0.717) is 12.5 Å². The summed E-state index contributed by atoms with van der Waals surface area (Å²) in [5, 5.41) is 2.65. The Morgan fingerprint density at radius 1 is 0.636 bits per heavy atom. The molecule has 44 heavy (non-hydrogen) atoms. The Morgan fingerprint density at radius 2 is 1.14 bits per heavy atom. The van der Waals surface area contributed by atoms with Crippen LogP contribution in [0.1, 0.15) is 99.0 Å². The van der Waals surface area contributed by atoms with Crippen LogP contribution in [0.5, 0.6) is 0 Å². The lowest BCUT2D eigenvalue weighted by molar-refractivity contribution is 0.338. The third-order valence-electron chi connectivity index (χ3n) is 8.53. The molecule has 234 valence electrons. The topological polar surface area (TPSA) is 9.23 Å². The van der Waals surface area contributed by atoms with Crippen molar-refractivity contribution in [2.45, 2.75) is 98.5 Å². The van der Waals surface area contributed by atoms with Gasteiger partial charge in [0.05, 0.1) is 6.61 Å². The first-order valence-electron chi connectivity index (χ1n) is 16.4. The second-order valence-corrected chi connectivity index (χ2v) is 18.0.